The first-order valence-electron chi connectivity index (χ1n) is 13.4. The summed E-state index contributed by atoms with van der Waals surface area (Å²) < 4.78 is 0. The number of benzene rings is 2. The van der Waals surface area contributed by atoms with Crippen molar-refractivity contribution in [3.8, 4) is 11.1 Å². The smallest absolute Gasteiger partial charge is 0.293 e. The Bertz CT molecular complexity index is 1510. The number of nitrogens with zero attached hydrogens (tertiary/aromatic N) is 4. The molecular weight excluding hydrogens is 504 g/mol. The quantitative estimate of drug-likeness (QED) is 0.306. The molecule has 0 bridgehead atoms. The second-order valence-corrected chi connectivity index (χ2v) is 10.0. The summed E-state index contributed by atoms with van der Waals surface area (Å²) in [5, 5.41) is 12.5. The summed E-state index contributed by atoms with van der Waals surface area (Å²) in [5.41, 5.74) is 8.92. The van der Waals surface area contributed by atoms with Crippen LogP contribution in [0.15, 0.2) is 48.8 Å². The van der Waals surface area contributed by atoms with Gasteiger partial charge in [-0.2, -0.15) is 0 Å². The average Bonchev–Trinajstić information content (AvgIpc) is 2.99. The van der Waals surface area contributed by atoms with Crippen molar-refractivity contribution in [1.82, 2.24) is 30.6 Å². The van der Waals surface area contributed by atoms with E-state index in [1.165, 1.54) is 0 Å². The highest BCUT2D eigenvalue weighted by atomic mass is 16.2. The second kappa shape index (κ2) is 10.9. The lowest BCUT2D eigenvalue weighted by Crippen LogP contribution is -2.26. The summed E-state index contributed by atoms with van der Waals surface area (Å²) in [5.74, 6) is -0.376. The minimum Gasteiger partial charge on any atom is -0.319 e. The van der Waals surface area contributed by atoms with E-state index in [4.69, 9.17) is 0 Å². The Kier molecular flexibility index (Phi) is 7.02. The summed E-state index contributed by atoms with van der Waals surface area (Å²) in [6.45, 7) is 7.03. The summed E-state index contributed by atoms with van der Waals surface area (Å²) in [7, 11) is 0. The van der Waals surface area contributed by atoms with Gasteiger partial charge in [-0.15, -0.1) is 0 Å². The van der Waals surface area contributed by atoms with Gasteiger partial charge in [-0.05, 0) is 48.2 Å². The van der Waals surface area contributed by atoms with E-state index in [2.05, 4.69) is 41.2 Å². The minimum atomic E-state index is -0.347. The van der Waals surface area contributed by atoms with Crippen LogP contribution in [0.4, 0.5) is 11.4 Å². The fraction of sp³-hybridized carbons (Fsp3) is 0.267. The van der Waals surface area contributed by atoms with Crippen LogP contribution in [0, 0.1) is 13.8 Å². The average molecular weight is 535 g/mol. The van der Waals surface area contributed by atoms with Crippen molar-refractivity contribution >= 4 is 23.2 Å². The van der Waals surface area contributed by atoms with Crippen molar-refractivity contribution in [2.45, 2.75) is 39.8 Å². The molecule has 0 atom stereocenters. The number of amides is 2. The zero-order valence-corrected chi connectivity index (χ0v) is 22.5. The largest absolute Gasteiger partial charge is 0.319 e. The molecular formula is C30H30N8O2. The molecule has 2 amide bonds. The summed E-state index contributed by atoms with van der Waals surface area (Å²) in [4.78, 5) is 43.7. The molecule has 6 rings (SSSR count). The van der Waals surface area contributed by atoms with Crippen molar-refractivity contribution < 1.29 is 9.59 Å². The lowest BCUT2D eigenvalue weighted by atomic mass is 9.94. The van der Waals surface area contributed by atoms with E-state index in [1.54, 1.807) is 12.4 Å². The van der Waals surface area contributed by atoms with E-state index in [1.807, 2.05) is 50.2 Å². The van der Waals surface area contributed by atoms with Gasteiger partial charge in [0.1, 0.15) is 0 Å². The standard InChI is InChI=1S/C30H30N8O2/c1-17-21(5-3-7-23(17)37-29(39)27-33-15-19-13-31-11-9-25(19)35-27)22-6-4-8-24(18(22)2)38-30(40)28-34-16-20-14-32-12-10-26(20)36-28/h3-8,15-16,31-32H,9-14H2,1-2H3,(H,37,39)(H,38,40). The van der Waals surface area contributed by atoms with Gasteiger partial charge in [0.05, 0.1) is 11.4 Å². The molecule has 0 saturated carbocycles. The molecule has 0 radical (unpaired) electrons. The van der Waals surface area contributed by atoms with Gasteiger partial charge < -0.3 is 21.3 Å². The monoisotopic (exact) mass is 534 g/mol. The number of carbonyl (C=O) groups excluding carboxylic acids is 2. The predicted molar refractivity (Wildman–Crippen MR) is 152 cm³/mol. The normalized spacial score (nSPS) is 14.2. The number of anilines is 2. The molecule has 4 heterocycles. The lowest BCUT2D eigenvalue weighted by Gasteiger charge is -2.18. The van der Waals surface area contributed by atoms with E-state index in [-0.39, 0.29) is 23.5 Å². The number of fused-ring (bicyclic) bond motifs is 2. The van der Waals surface area contributed by atoms with Gasteiger partial charge in [0.2, 0.25) is 11.6 Å². The molecule has 202 valence electrons. The Morgan fingerprint density at radius 3 is 1.60 bits per heavy atom. The van der Waals surface area contributed by atoms with Crippen LogP contribution < -0.4 is 21.3 Å². The molecule has 10 heteroatoms. The van der Waals surface area contributed by atoms with Crippen molar-refractivity contribution in [2.24, 2.45) is 0 Å². The molecule has 2 aromatic carbocycles. The first-order chi connectivity index (χ1) is 19.5. The maximum absolute atomic E-state index is 13.1. The van der Waals surface area contributed by atoms with Crippen molar-refractivity contribution in [3.05, 3.63) is 94.1 Å². The maximum Gasteiger partial charge on any atom is 0.293 e. The van der Waals surface area contributed by atoms with E-state index in [0.29, 0.717) is 11.4 Å². The zero-order chi connectivity index (χ0) is 27.6. The Balaban J connectivity index is 1.23. The SMILES string of the molecule is Cc1c(NC(=O)c2ncc3c(n2)CCNC3)cccc1-c1cccc(NC(=O)c2ncc3c(n2)CCNC3)c1C. The lowest BCUT2D eigenvalue weighted by molar-refractivity contribution is 0.100. The van der Waals surface area contributed by atoms with Crippen LogP contribution in [-0.2, 0) is 25.9 Å². The highest BCUT2D eigenvalue weighted by Crippen LogP contribution is 2.34. The third kappa shape index (κ3) is 5.06. The Labute approximate surface area is 232 Å². The Hall–Kier alpha value is -4.54. The van der Waals surface area contributed by atoms with Crippen LogP contribution in [0.25, 0.3) is 11.1 Å². The van der Waals surface area contributed by atoms with Crippen molar-refractivity contribution in [2.75, 3.05) is 23.7 Å². The van der Waals surface area contributed by atoms with Crippen LogP contribution in [0.1, 0.15) is 54.9 Å². The van der Waals surface area contributed by atoms with E-state index in [9.17, 15) is 9.59 Å². The van der Waals surface area contributed by atoms with Crippen LogP contribution in [0.3, 0.4) is 0 Å². The number of aromatic nitrogens is 4. The topological polar surface area (TPSA) is 134 Å². The molecule has 0 spiro atoms. The van der Waals surface area contributed by atoms with Gasteiger partial charge in [0.25, 0.3) is 11.8 Å². The van der Waals surface area contributed by atoms with Crippen LogP contribution in [0.2, 0.25) is 0 Å². The molecule has 2 aliphatic heterocycles. The fourth-order valence-corrected chi connectivity index (χ4v) is 5.17. The number of rotatable bonds is 5. The summed E-state index contributed by atoms with van der Waals surface area (Å²) >= 11 is 0. The molecule has 0 aliphatic carbocycles. The molecule has 40 heavy (non-hydrogen) atoms. The number of nitrogens with one attached hydrogen (secondary N) is 4. The highest BCUT2D eigenvalue weighted by molar-refractivity contribution is 6.04. The maximum atomic E-state index is 13.1. The molecule has 4 aromatic rings. The van der Waals surface area contributed by atoms with Crippen molar-refractivity contribution in [1.29, 1.82) is 0 Å². The van der Waals surface area contributed by atoms with Gasteiger partial charge in [0, 0.05) is 73.9 Å². The predicted octanol–water partition coefficient (Wildman–Crippen LogP) is 3.35. The molecule has 10 nitrogen and oxygen atoms in total. The fourth-order valence-electron chi connectivity index (χ4n) is 5.17. The number of hydrogen-bond acceptors (Lipinski definition) is 8. The highest BCUT2D eigenvalue weighted by Gasteiger charge is 2.20. The number of hydrogen-bond donors (Lipinski definition) is 4. The van der Waals surface area contributed by atoms with Crippen LogP contribution in [0.5, 0.6) is 0 Å². The zero-order valence-electron chi connectivity index (χ0n) is 22.5. The molecule has 0 fully saturated rings. The van der Waals surface area contributed by atoms with E-state index < -0.39 is 0 Å². The van der Waals surface area contributed by atoms with Crippen LogP contribution >= 0.6 is 0 Å². The van der Waals surface area contributed by atoms with Gasteiger partial charge in [-0.1, -0.05) is 24.3 Å². The van der Waals surface area contributed by atoms with E-state index >= 15 is 0 Å². The molecule has 0 unspecified atom stereocenters. The third-order valence-corrected chi connectivity index (χ3v) is 7.48. The van der Waals surface area contributed by atoms with Gasteiger partial charge in [-0.25, -0.2) is 19.9 Å². The molecule has 2 aromatic heterocycles. The van der Waals surface area contributed by atoms with E-state index in [0.717, 1.165) is 83.8 Å². The van der Waals surface area contributed by atoms with Crippen LogP contribution in [-0.4, -0.2) is 44.8 Å². The second-order valence-electron chi connectivity index (χ2n) is 10.0. The Morgan fingerprint density at radius 2 is 1.15 bits per heavy atom. The summed E-state index contributed by atoms with van der Waals surface area (Å²) in [6, 6.07) is 11.5. The van der Waals surface area contributed by atoms with Gasteiger partial charge in [-0.3, -0.25) is 9.59 Å². The third-order valence-electron chi connectivity index (χ3n) is 7.48. The minimum absolute atomic E-state index is 0.159. The first-order valence-corrected chi connectivity index (χ1v) is 13.4. The molecule has 2 aliphatic rings. The summed E-state index contributed by atoms with van der Waals surface area (Å²) in [6.07, 6.45) is 4.99. The van der Waals surface area contributed by atoms with Crippen molar-refractivity contribution in [3.63, 3.8) is 0 Å². The molecule has 4 N–H and O–H groups in total. The molecule has 0 saturated heterocycles. The number of carbonyl (C=O) groups is 2. The first kappa shape index (κ1) is 25.7. The van der Waals surface area contributed by atoms with Gasteiger partial charge in [0.15, 0.2) is 0 Å². The Morgan fingerprint density at radius 1 is 0.700 bits per heavy atom. The van der Waals surface area contributed by atoms with Gasteiger partial charge >= 0.3 is 0 Å².